The van der Waals surface area contributed by atoms with Crippen molar-refractivity contribution in [2.75, 3.05) is 0 Å². The van der Waals surface area contributed by atoms with Crippen LogP contribution in [0, 0.1) is 0 Å². The molecule has 0 aliphatic heterocycles. The van der Waals surface area contributed by atoms with Gasteiger partial charge in [-0.05, 0) is 37.3 Å². The van der Waals surface area contributed by atoms with E-state index in [0.717, 1.165) is 4.52 Å². The number of aryl methyl sites for hydroxylation is 1. The van der Waals surface area contributed by atoms with Crippen LogP contribution in [-0.4, -0.2) is 34.6 Å². The van der Waals surface area contributed by atoms with Crippen molar-refractivity contribution in [1.29, 1.82) is 0 Å². The summed E-state index contributed by atoms with van der Waals surface area (Å²) >= 11 is 0. The molecule has 0 unspecified atom stereocenters. The minimum absolute atomic E-state index is 0.231. The van der Waals surface area contributed by atoms with Crippen LogP contribution in [0.4, 0.5) is 8.78 Å². The minimum atomic E-state index is -3.40. The van der Waals surface area contributed by atoms with E-state index in [-0.39, 0.29) is 11.2 Å². The molecule has 0 atom stereocenters. The molecule has 0 saturated carbocycles. The van der Waals surface area contributed by atoms with E-state index in [2.05, 4.69) is 25.4 Å². The molecule has 0 N–H and O–H groups in total. The summed E-state index contributed by atoms with van der Waals surface area (Å²) in [4.78, 5) is 4.11. The monoisotopic (exact) mass is 393 g/mol. The number of pyridine rings is 1. The van der Waals surface area contributed by atoms with Crippen molar-refractivity contribution in [1.82, 2.24) is 34.6 Å². The zero-order valence-electron chi connectivity index (χ0n) is 15.7. The summed E-state index contributed by atoms with van der Waals surface area (Å²) in [5.41, 5.74) is 1.78. The number of nitrogens with zero attached hydrogens (tertiary/aromatic N) is 7. The molecular formula is C20H17F2N7. The van der Waals surface area contributed by atoms with Gasteiger partial charge in [-0.2, -0.15) is 23.5 Å². The average Bonchev–Trinajstić information content (AvgIpc) is 3.35. The van der Waals surface area contributed by atoms with Gasteiger partial charge in [0.25, 0.3) is 0 Å². The van der Waals surface area contributed by atoms with E-state index in [1.54, 1.807) is 67.6 Å². The number of hydrogen-bond acceptors (Lipinski definition) is 5. The molecule has 0 aliphatic rings. The fourth-order valence-electron chi connectivity index (χ4n) is 2.85. The maximum Gasteiger partial charge on any atom is 0.333 e. The molecular weight excluding hydrogens is 376 g/mol. The lowest BCUT2D eigenvalue weighted by Gasteiger charge is -2.15. The Morgan fingerprint density at radius 2 is 2.00 bits per heavy atom. The number of hydrogen-bond donors (Lipinski definition) is 0. The van der Waals surface area contributed by atoms with Crippen molar-refractivity contribution in [3.8, 4) is 11.3 Å². The number of fused-ring (bicyclic) bond motifs is 1. The zero-order chi connectivity index (χ0) is 20.4. The fourth-order valence-corrected chi connectivity index (χ4v) is 2.85. The Balaban J connectivity index is 1.74. The number of alkyl halides is 2. The molecule has 29 heavy (non-hydrogen) atoms. The van der Waals surface area contributed by atoms with Crippen molar-refractivity contribution in [2.24, 2.45) is 7.05 Å². The summed E-state index contributed by atoms with van der Waals surface area (Å²) in [6.07, 6.45) is 9.16. The lowest BCUT2D eigenvalue weighted by molar-refractivity contribution is 0.0297. The standard InChI is InChI=1S/C20H17F2N7/c1-3-15(7-8-16-6-4-5-11-23-16)20(21,22)19-26-25-18-10-9-17(27-29(18)19)14-12-24-28(2)13-14/h3-13H,1-2H3/b8-7-,15-3+. The molecule has 0 aromatic carbocycles. The molecule has 0 bridgehead atoms. The molecule has 4 aromatic rings. The summed E-state index contributed by atoms with van der Waals surface area (Å²) in [7, 11) is 1.77. The molecule has 4 aromatic heterocycles. The second-order valence-electron chi connectivity index (χ2n) is 6.32. The molecule has 7 nitrogen and oxygen atoms in total. The van der Waals surface area contributed by atoms with Crippen LogP contribution in [0.1, 0.15) is 18.4 Å². The first-order chi connectivity index (χ1) is 14.0. The molecule has 4 heterocycles. The predicted octanol–water partition coefficient (Wildman–Crippen LogP) is 3.67. The number of halogens is 2. The van der Waals surface area contributed by atoms with E-state index in [9.17, 15) is 0 Å². The molecule has 0 radical (unpaired) electrons. The smallest absolute Gasteiger partial charge is 0.275 e. The van der Waals surface area contributed by atoms with E-state index in [0.29, 0.717) is 17.0 Å². The van der Waals surface area contributed by atoms with Crippen LogP contribution in [0.25, 0.3) is 23.0 Å². The Hall–Kier alpha value is -3.75. The maximum atomic E-state index is 15.3. The third-order valence-electron chi connectivity index (χ3n) is 4.34. The fraction of sp³-hybridized carbons (Fsp3) is 0.150. The maximum absolute atomic E-state index is 15.3. The van der Waals surface area contributed by atoms with E-state index in [4.69, 9.17) is 0 Å². The minimum Gasteiger partial charge on any atom is -0.275 e. The van der Waals surface area contributed by atoms with Crippen LogP contribution in [0.3, 0.4) is 0 Å². The van der Waals surface area contributed by atoms with Crippen molar-refractivity contribution >= 4 is 11.7 Å². The summed E-state index contributed by atoms with van der Waals surface area (Å²) in [5, 5.41) is 16.0. The largest absolute Gasteiger partial charge is 0.333 e. The Morgan fingerprint density at radius 3 is 2.69 bits per heavy atom. The Morgan fingerprint density at radius 1 is 1.14 bits per heavy atom. The summed E-state index contributed by atoms with van der Waals surface area (Å²) < 4.78 is 33.3. The number of rotatable bonds is 5. The average molecular weight is 393 g/mol. The Kier molecular flexibility index (Phi) is 4.71. The van der Waals surface area contributed by atoms with Gasteiger partial charge in [0.15, 0.2) is 5.65 Å². The van der Waals surface area contributed by atoms with Crippen LogP contribution in [0.5, 0.6) is 0 Å². The van der Waals surface area contributed by atoms with E-state index in [1.807, 2.05) is 0 Å². The second kappa shape index (κ2) is 7.34. The molecule has 4 rings (SSSR count). The van der Waals surface area contributed by atoms with Gasteiger partial charge in [-0.25, -0.2) is 0 Å². The SMILES string of the molecule is C/C=C(\C=C/c1ccccn1)C(F)(F)c1nnc2ccc(-c3cnn(C)c3)nn12. The Bertz CT molecular complexity index is 1210. The van der Waals surface area contributed by atoms with Gasteiger partial charge in [0.05, 0.1) is 17.6 Å². The number of allylic oxidation sites excluding steroid dienone is 3. The topological polar surface area (TPSA) is 73.8 Å². The van der Waals surface area contributed by atoms with Crippen LogP contribution in [0.15, 0.2) is 66.6 Å². The third-order valence-corrected chi connectivity index (χ3v) is 4.34. The molecule has 0 saturated heterocycles. The van der Waals surface area contributed by atoms with Crippen molar-refractivity contribution < 1.29 is 8.78 Å². The quantitative estimate of drug-likeness (QED) is 0.484. The van der Waals surface area contributed by atoms with Gasteiger partial charge in [-0.3, -0.25) is 9.67 Å². The highest BCUT2D eigenvalue weighted by Crippen LogP contribution is 2.35. The van der Waals surface area contributed by atoms with Gasteiger partial charge in [0.2, 0.25) is 5.82 Å². The van der Waals surface area contributed by atoms with Gasteiger partial charge in [0.1, 0.15) is 0 Å². The van der Waals surface area contributed by atoms with Crippen LogP contribution in [-0.2, 0) is 13.0 Å². The number of aromatic nitrogens is 7. The van der Waals surface area contributed by atoms with E-state index < -0.39 is 11.7 Å². The van der Waals surface area contributed by atoms with Crippen LogP contribution in [0.2, 0.25) is 0 Å². The van der Waals surface area contributed by atoms with Gasteiger partial charge >= 0.3 is 5.92 Å². The molecule has 0 fully saturated rings. The van der Waals surface area contributed by atoms with Gasteiger partial charge in [-0.1, -0.05) is 18.2 Å². The first kappa shape index (κ1) is 18.6. The van der Waals surface area contributed by atoms with Crippen molar-refractivity contribution in [3.63, 3.8) is 0 Å². The van der Waals surface area contributed by atoms with E-state index >= 15 is 8.78 Å². The predicted molar refractivity (Wildman–Crippen MR) is 104 cm³/mol. The van der Waals surface area contributed by atoms with Crippen LogP contribution < -0.4 is 0 Å². The first-order valence-electron chi connectivity index (χ1n) is 8.84. The highest BCUT2D eigenvalue weighted by atomic mass is 19.3. The van der Waals surface area contributed by atoms with Crippen LogP contribution >= 0.6 is 0 Å². The second-order valence-corrected chi connectivity index (χ2v) is 6.32. The Labute approximate surface area is 165 Å². The summed E-state index contributed by atoms with van der Waals surface area (Å²) in [6, 6.07) is 8.57. The normalized spacial score (nSPS) is 12.9. The molecule has 0 aliphatic carbocycles. The zero-order valence-corrected chi connectivity index (χ0v) is 15.7. The van der Waals surface area contributed by atoms with Crippen molar-refractivity contribution in [3.05, 3.63) is 78.2 Å². The first-order valence-corrected chi connectivity index (χ1v) is 8.84. The molecule has 146 valence electrons. The molecule has 9 heteroatoms. The van der Waals surface area contributed by atoms with Gasteiger partial charge in [0, 0.05) is 30.6 Å². The lowest BCUT2D eigenvalue weighted by atomic mass is 10.1. The molecule has 0 spiro atoms. The highest BCUT2D eigenvalue weighted by molar-refractivity contribution is 5.58. The van der Waals surface area contributed by atoms with E-state index in [1.165, 1.54) is 18.2 Å². The lowest BCUT2D eigenvalue weighted by Crippen LogP contribution is -2.20. The van der Waals surface area contributed by atoms with Gasteiger partial charge in [-0.15, -0.1) is 10.2 Å². The third kappa shape index (κ3) is 3.54. The highest BCUT2D eigenvalue weighted by Gasteiger charge is 2.40. The van der Waals surface area contributed by atoms with Gasteiger partial charge < -0.3 is 0 Å². The molecule has 0 amide bonds. The summed E-state index contributed by atoms with van der Waals surface area (Å²) in [5.74, 6) is -3.96. The summed E-state index contributed by atoms with van der Waals surface area (Å²) in [6.45, 7) is 1.55. The van der Waals surface area contributed by atoms with Crippen molar-refractivity contribution in [2.45, 2.75) is 12.8 Å².